The number of nitrogens with zero attached hydrogens (tertiary/aromatic N) is 2. The van der Waals surface area contributed by atoms with Crippen LogP contribution in [-0.2, 0) is 6.54 Å². The topological polar surface area (TPSA) is 110 Å². The number of amides is 3. The van der Waals surface area contributed by atoms with Crippen LogP contribution >= 0.6 is 11.3 Å². The van der Waals surface area contributed by atoms with Gasteiger partial charge in [-0.1, -0.05) is 6.07 Å². The van der Waals surface area contributed by atoms with E-state index in [9.17, 15) is 9.59 Å². The Morgan fingerprint density at radius 2 is 1.96 bits per heavy atom. The zero-order valence-electron chi connectivity index (χ0n) is 13.1. The van der Waals surface area contributed by atoms with Gasteiger partial charge in [-0.2, -0.15) is 0 Å². The summed E-state index contributed by atoms with van der Waals surface area (Å²) in [5.41, 5.74) is 7.80. The first-order valence-electron chi connectivity index (χ1n) is 7.41. The Hall–Kier alpha value is -3.26. The minimum Gasteiger partial charge on any atom is -0.351 e. The van der Waals surface area contributed by atoms with Crippen molar-refractivity contribution in [1.29, 1.82) is 0 Å². The number of urea groups is 1. The predicted molar refractivity (Wildman–Crippen MR) is 96.2 cm³/mol. The van der Waals surface area contributed by atoms with Gasteiger partial charge in [-0.05, 0) is 30.3 Å². The zero-order chi connectivity index (χ0) is 17.6. The number of rotatable bonds is 5. The van der Waals surface area contributed by atoms with Crippen molar-refractivity contribution in [2.24, 2.45) is 5.73 Å². The van der Waals surface area contributed by atoms with Gasteiger partial charge in [0.15, 0.2) is 0 Å². The average Bonchev–Trinajstić information content (AvgIpc) is 3.09. The van der Waals surface area contributed by atoms with Crippen molar-refractivity contribution >= 4 is 29.0 Å². The number of nitrogens with two attached hydrogens (primary N) is 1. The first-order chi connectivity index (χ1) is 12.1. The van der Waals surface area contributed by atoms with E-state index >= 15 is 0 Å². The first kappa shape index (κ1) is 16.6. The number of carbonyl (C=O) groups is 2. The number of hydrogen-bond donors (Lipinski definition) is 3. The molecule has 3 amide bonds. The molecule has 0 unspecified atom stereocenters. The lowest BCUT2D eigenvalue weighted by atomic mass is 10.2. The summed E-state index contributed by atoms with van der Waals surface area (Å²) in [6.07, 6.45) is 3.42. The minimum absolute atomic E-state index is 0.256. The Morgan fingerprint density at radius 3 is 2.72 bits per heavy atom. The lowest BCUT2D eigenvalue weighted by Crippen LogP contribution is -2.23. The number of primary amides is 1. The maximum absolute atomic E-state index is 12.2. The van der Waals surface area contributed by atoms with Crippen LogP contribution in [0.4, 0.5) is 10.5 Å². The van der Waals surface area contributed by atoms with Crippen LogP contribution in [0.2, 0.25) is 0 Å². The summed E-state index contributed by atoms with van der Waals surface area (Å²) in [7, 11) is 0. The number of aromatic nitrogens is 2. The Labute approximate surface area is 147 Å². The molecule has 126 valence electrons. The van der Waals surface area contributed by atoms with Gasteiger partial charge in [0, 0.05) is 34.6 Å². The summed E-state index contributed by atoms with van der Waals surface area (Å²) in [6, 6.07) is 9.64. The van der Waals surface area contributed by atoms with E-state index in [0.29, 0.717) is 17.8 Å². The summed E-state index contributed by atoms with van der Waals surface area (Å²) in [6.45, 7) is 0.321. The van der Waals surface area contributed by atoms with Gasteiger partial charge in [0.2, 0.25) is 0 Å². The van der Waals surface area contributed by atoms with Crippen molar-refractivity contribution < 1.29 is 9.59 Å². The molecule has 0 atom stereocenters. The second kappa shape index (κ2) is 7.54. The third-order valence-electron chi connectivity index (χ3n) is 3.32. The van der Waals surface area contributed by atoms with Crippen LogP contribution in [0, 0.1) is 0 Å². The van der Waals surface area contributed by atoms with Gasteiger partial charge in [0.25, 0.3) is 5.91 Å². The molecule has 0 aliphatic rings. The Balaban J connectivity index is 1.63. The van der Waals surface area contributed by atoms with Crippen molar-refractivity contribution in [3.63, 3.8) is 0 Å². The van der Waals surface area contributed by atoms with E-state index in [0.717, 1.165) is 16.3 Å². The second-order valence-electron chi connectivity index (χ2n) is 5.12. The molecular formula is C17H15N5O2S. The maximum Gasteiger partial charge on any atom is 0.316 e. The summed E-state index contributed by atoms with van der Waals surface area (Å²) < 4.78 is 0. The Kier molecular flexibility index (Phi) is 5.00. The van der Waals surface area contributed by atoms with Gasteiger partial charge >= 0.3 is 6.03 Å². The highest BCUT2D eigenvalue weighted by molar-refractivity contribution is 7.09. The maximum atomic E-state index is 12.2. The molecule has 0 aliphatic carbocycles. The van der Waals surface area contributed by atoms with E-state index in [1.54, 1.807) is 36.7 Å². The van der Waals surface area contributed by atoms with Crippen LogP contribution < -0.4 is 16.4 Å². The Morgan fingerprint density at radius 1 is 1.16 bits per heavy atom. The molecule has 0 fully saturated rings. The molecule has 1 aromatic carbocycles. The summed E-state index contributed by atoms with van der Waals surface area (Å²) in [5.74, 6) is -0.256. The fourth-order valence-corrected chi connectivity index (χ4v) is 2.93. The van der Waals surface area contributed by atoms with Gasteiger partial charge in [0.1, 0.15) is 5.01 Å². The number of anilines is 1. The summed E-state index contributed by atoms with van der Waals surface area (Å²) in [5, 5.41) is 7.99. The number of thiazole rings is 1. The fourth-order valence-electron chi connectivity index (χ4n) is 2.19. The van der Waals surface area contributed by atoms with Gasteiger partial charge in [-0.3, -0.25) is 9.78 Å². The monoisotopic (exact) mass is 353 g/mol. The third kappa shape index (κ3) is 4.39. The van der Waals surface area contributed by atoms with Crippen LogP contribution in [0.15, 0.2) is 54.2 Å². The molecule has 8 heteroatoms. The molecule has 0 saturated heterocycles. The standard InChI is InChI=1S/C17H15N5O2S/c18-17(24)21-13-3-1-2-12(8-13)16(23)20-9-15-22-14(10-25-15)11-4-6-19-7-5-11/h1-8,10H,9H2,(H,20,23)(H3,18,21,24). The Bertz CT molecular complexity index is 895. The summed E-state index contributed by atoms with van der Waals surface area (Å²) >= 11 is 1.47. The number of pyridine rings is 1. The first-order valence-corrected chi connectivity index (χ1v) is 8.29. The minimum atomic E-state index is -0.677. The van der Waals surface area contributed by atoms with Gasteiger partial charge < -0.3 is 16.4 Å². The summed E-state index contributed by atoms with van der Waals surface area (Å²) in [4.78, 5) is 31.6. The van der Waals surface area contributed by atoms with Crippen LogP contribution in [-0.4, -0.2) is 21.9 Å². The van der Waals surface area contributed by atoms with E-state index < -0.39 is 6.03 Å². The van der Waals surface area contributed by atoms with E-state index in [-0.39, 0.29) is 5.91 Å². The highest BCUT2D eigenvalue weighted by Crippen LogP contribution is 2.21. The van der Waals surface area contributed by atoms with E-state index in [1.807, 2.05) is 17.5 Å². The highest BCUT2D eigenvalue weighted by atomic mass is 32.1. The molecule has 2 aromatic heterocycles. The molecule has 0 spiro atoms. The molecule has 0 saturated carbocycles. The van der Waals surface area contributed by atoms with Crippen molar-refractivity contribution in [3.8, 4) is 11.3 Å². The van der Waals surface area contributed by atoms with E-state index in [1.165, 1.54) is 11.3 Å². The van der Waals surface area contributed by atoms with Crippen LogP contribution in [0.25, 0.3) is 11.3 Å². The average molecular weight is 353 g/mol. The normalized spacial score (nSPS) is 10.2. The molecule has 3 rings (SSSR count). The van der Waals surface area contributed by atoms with Crippen molar-refractivity contribution in [3.05, 3.63) is 64.7 Å². The molecular weight excluding hydrogens is 338 g/mol. The van der Waals surface area contributed by atoms with Crippen LogP contribution in [0.1, 0.15) is 15.4 Å². The second-order valence-corrected chi connectivity index (χ2v) is 6.06. The highest BCUT2D eigenvalue weighted by Gasteiger charge is 2.09. The molecule has 0 bridgehead atoms. The number of benzene rings is 1. The molecule has 3 aromatic rings. The smallest absolute Gasteiger partial charge is 0.316 e. The third-order valence-corrected chi connectivity index (χ3v) is 4.17. The number of nitrogens with one attached hydrogen (secondary N) is 2. The quantitative estimate of drug-likeness (QED) is 0.655. The van der Waals surface area contributed by atoms with E-state index in [2.05, 4.69) is 20.6 Å². The molecule has 0 radical (unpaired) electrons. The van der Waals surface area contributed by atoms with Gasteiger partial charge in [-0.25, -0.2) is 9.78 Å². The number of hydrogen-bond acceptors (Lipinski definition) is 5. The molecule has 4 N–H and O–H groups in total. The van der Waals surface area contributed by atoms with Crippen molar-refractivity contribution in [2.75, 3.05) is 5.32 Å². The van der Waals surface area contributed by atoms with Crippen LogP contribution in [0.5, 0.6) is 0 Å². The SMILES string of the molecule is NC(=O)Nc1cccc(C(=O)NCc2nc(-c3ccncc3)cs2)c1. The lowest BCUT2D eigenvalue weighted by molar-refractivity contribution is 0.0951. The predicted octanol–water partition coefficient (Wildman–Crippen LogP) is 2.63. The molecule has 2 heterocycles. The molecule has 25 heavy (non-hydrogen) atoms. The lowest BCUT2D eigenvalue weighted by Gasteiger charge is -2.06. The van der Waals surface area contributed by atoms with Crippen LogP contribution in [0.3, 0.4) is 0 Å². The fraction of sp³-hybridized carbons (Fsp3) is 0.0588. The van der Waals surface area contributed by atoms with E-state index in [4.69, 9.17) is 5.73 Å². The van der Waals surface area contributed by atoms with Crippen molar-refractivity contribution in [2.45, 2.75) is 6.54 Å². The van der Waals surface area contributed by atoms with Crippen molar-refractivity contribution in [1.82, 2.24) is 15.3 Å². The molecule has 7 nitrogen and oxygen atoms in total. The van der Waals surface area contributed by atoms with Gasteiger partial charge in [0.05, 0.1) is 12.2 Å². The molecule has 0 aliphatic heterocycles. The number of carbonyl (C=O) groups excluding carboxylic acids is 2. The largest absolute Gasteiger partial charge is 0.351 e. The van der Waals surface area contributed by atoms with Gasteiger partial charge in [-0.15, -0.1) is 11.3 Å². The zero-order valence-corrected chi connectivity index (χ0v) is 13.9.